The Hall–Kier alpha value is -0.670. The largest absolute Gasteiger partial charge is 0.448 e. The van der Waals surface area contributed by atoms with Gasteiger partial charge in [0.1, 0.15) is 0 Å². The number of hydrogen-bond donors (Lipinski definition) is 1. The van der Waals surface area contributed by atoms with Crippen molar-refractivity contribution < 1.29 is 30.7 Å². The van der Waals surface area contributed by atoms with E-state index in [-0.39, 0.29) is 0 Å². The molecule has 0 aliphatic rings. The number of hydrogen-bond acceptors (Lipinski definition) is 3. The highest BCUT2D eigenvalue weighted by Gasteiger charge is 2.66. The molecule has 0 atom stereocenters. The Labute approximate surface area is 77.4 Å². The van der Waals surface area contributed by atoms with Gasteiger partial charge < -0.3 is 4.74 Å². The lowest BCUT2D eigenvalue weighted by atomic mass is 10.6. The maximum atomic E-state index is 12.4. The van der Waals surface area contributed by atoms with Gasteiger partial charge in [0, 0.05) is 0 Å². The van der Waals surface area contributed by atoms with Crippen LogP contribution in [0.25, 0.3) is 0 Å². The topological polar surface area (TPSA) is 69.4 Å². The molecule has 0 unspecified atom stereocenters. The first-order valence-electron chi connectivity index (χ1n) is 3.09. The zero-order valence-electron chi connectivity index (χ0n) is 6.71. The molecule has 9 heteroatoms. The summed E-state index contributed by atoms with van der Waals surface area (Å²) in [5, 5.41) is -1.56. The van der Waals surface area contributed by atoms with E-state index in [1.807, 2.05) is 0 Å². The van der Waals surface area contributed by atoms with Crippen LogP contribution in [0.15, 0.2) is 12.7 Å². The van der Waals surface area contributed by atoms with Crippen molar-refractivity contribution in [3.63, 3.8) is 0 Å². The van der Waals surface area contributed by atoms with Crippen molar-refractivity contribution in [3.05, 3.63) is 12.7 Å². The third kappa shape index (κ3) is 2.42. The molecule has 0 saturated carbocycles. The van der Waals surface area contributed by atoms with Gasteiger partial charge in [-0.25, -0.2) is 13.6 Å². The van der Waals surface area contributed by atoms with E-state index in [1.54, 1.807) is 0 Å². The number of nitrogens with two attached hydrogens (primary N) is 1. The third-order valence-electron chi connectivity index (χ3n) is 1.08. The van der Waals surface area contributed by atoms with E-state index in [4.69, 9.17) is 0 Å². The molecule has 0 heterocycles. The molecule has 0 spiro atoms. The second-order valence-corrected chi connectivity index (χ2v) is 3.78. The third-order valence-corrected chi connectivity index (χ3v) is 2.03. The van der Waals surface area contributed by atoms with Gasteiger partial charge in [0.2, 0.25) is 0 Å². The molecule has 0 radical (unpaired) electrons. The summed E-state index contributed by atoms with van der Waals surface area (Å²) in [6, 6.07) is 0. The predicted molar refractivity (Wildman–Crippen MR) is 39.2 cm³/mol. The maximum absolute atomic E-state index is 12.4. The molecule has 0 saturated heterocycles. The van der Waals surface area contributed by atoms with Crippen molar-refractivity contribution in [3.8, 4) is 0 Å². The van der Waals surface area contributed by atoms with E-state index in [1.165, 1.54) is 0 Å². The van der Waals surface area contributed by atoms with Crippen molar-refractivity contribution >= 4 is 10.0 Å². The van der Waals surface area contributed by atoms with Gasteiger partial charge in [-0.2, -0.15) is 17.6 Å². The van der Waals surface area contributed by atoms with Gasteiger partial charge in [0.15, 0.2) is 0 Å². The summed E-state index contributed by atoms with van der Waals surface area (Å²) in [6.45, 7) is 1.99. The van der Waals surface area contributed by atoms with Crippen LogP contribution in [0.5, 0.6) is 0 Å². The molecule has 2 N–H and O–H groups in total. The Morgan fingerprint density at radius 1 is 1.36 bits per heavy atom. The fourth-order valence-electron chi connectivity index (χ4n) is 0.413. The van der Waals surface area contributed by atoms with Gasteiger partial charge in [-0.1, -0.05) is 6.08 Å². The fraction of sp³-hybridized carbons (Fsp3) is 0.600. The molecule has 0 bridgehead atoms. The van der Waals surface area contributed by atoms with Crippen molar-refractivity contribution in [1.29, 1.82) is 0 Å². The van der Waals surface area contributed by atoms with Gasteiger partial charge in [0.25, 0.3) is 10.0 Å². The maximum Gasteiger partial charge on any atom is 0.448 e. The predicted octanol–water partition coefficient (Wildman–Crippen LogP) is 0.663. The quantitative estimate of drug-likeness (QED) is 0.564. The van der Waals surface area contributed by atoms with Crippen LogP contribution in [-0.4, -0.2) is 26.4 Å². The Balaban J connectivity index is 4.97. The molecular weight excluding hydrogens is 230 g/mol. The number of halogens is 4. The second kappa shape index (κ2) is 3.83. The Kier molecular flexibility index (Phi) is 3.65. The van der Waals surface area contributed by atoms with Crippen LogP contribution in [-0.2, 0) is 14.8 Å². The smallest absolute Gasteiger partial charge is 0.311 e. The number of sulfonamides is 1. The van der Waals surface area contributed by atoms with Gasteiger partial charge in [0.05, 0.1) is 6.61 Å². The number of primary sulfonamides is 1. The monoisotopic (exact) mass is 237 g/mol. The highest BCUT2D eigenvalue weighted by atomic mass is 32.2. The van der Waals surface area contributed by atoms with E-state index in [2.05, 4.69) is 16.5 Å². The van der Waals surface area contributed by atoms with Gasteiger partial charge in [-0.15, -0.1) is 6.58 Å². The molecule has 0 aromatic heterocycles. The van der Waals surface area contributed by atoms with Gasteiger partial charge in [-0.05, 0) is 0 Å². The fourth-order valence-corrected chi connectivity index (χ4v) is 0.803. The van der Waals surface area contributed by atoms with Gasteiger partial charge >= 0.3 is 11.4 Å². The zero-order valence-corrected chi connectivity index (χ0v) is 7.53. The van der Waals surface area contributed by atoms with Crippen LogP contribution < -0.4 is 5.14 Å². The highest BCUT2D eigenvalue weighted by molar-refractivity contribution is 7.90. The van der Waals surface area contributed by atoms with Crippen molar-refractivity contribution in [2.24, 2.45) is 5.14 Å². The molecular formula is C5H7F4NO3S. The summed E-state index contributed by atoms with van der Waals surface area (Å²) < 4.78 is 73.1. The molecule has 0 aromatic carbocycles. The number of alkyl halides is 4. The molecule has 4 nitrogen and oxygen atoms in total. The molecule has 84 valence electrons. The standard InChI is InChI=1S/C5H7F4NO3S/c1-2-3-13-4(6,7)5(8,9)14(10,11)12/h2H,1,3H2,(H2,10,11,12). The summed E-state index contributed by atoms with van der Waals surface area (Å²) in [5.41, 5.74) is 0. The lowest BCUT2D eigenvalue weighted by Crippen LogP contribution is -2.51. The molecule has 14 heavy (non-hydrogen) atoms. The molecule has 0 aliphatic carbocycles. The van der Waals surface area contributed by atoms with Crippen LogP contribution in [0.3, 0.4) is 0 Å². The minimum Gasteiger partial charge on any atom is -0.311 e. The van der Waals surface area contributed by atoms with Crippen LogP contribution >= 0.6 is 0 Å². The van der Waals surface area contributed by atoms with Gasteiger partial charge in [-0.3, -0.25) is 0 Å². The van der Waals surface area contributed by atoms with Crippen molar-refractivity contribution in [2.75, 3.05) is 6.61 Å². The second-order valence-electron chi connectivity index (χ2n) is 2.18. The van der Waals surface area contributed by atoms with E-state index in [0.29, 0.717) is 0 Å². The number of rotatable bonds is 5. The molecule has 0 fully saturated rings. The Bertz CT molecular complexity index is 313. The molecule has 0 amide bonds. The van der Waals surface area contributed by atoms with Crippen LogP contribution in [0.2, 0.25) is 0 Å². The lowest BCUT2D eigenvalue weighted by molar-refractivity contribution is -0.312. The van der Waals surface area contributed by atoms with Crippen LogP contribution in [0, 0.1) is 0 Å². The summed E-state index contributed by atoms with van der Waals surface area (Å²) >= 11 is 0. The summed E-state index contributed by atoms with van der Waals surface area (Å²) in [5.74, 6) is 0. The summed E-state index contributed by atoms with van der Waals surface area (Å²) in [7, 11) is -5.73. The van der Waals surface area contributed by atoms with E-state index < -0.39 is 28.0 Å². The van der Waals surface area contributed by atoms with E-state index in [9.17, 15) is 26.0 Å². The first kappa shape index (κ1) is 13.3. The average molecular weight is 237 g/mol. The Morgan fingerprint density at radius 2 is 1.79 bits per heavy atom. The minimum absolute atomic E-state index is 0.757. The SMILES string of the molecule is C=CCOC(F)(F)C(F)(F)S(N)(=O)=O. The number of ether oxygens (including phenoxy) is 1. The molecule has 0 rings (SSSR count). The van der Waals surface area contributed by atoms with Crippen molar-refractivity contribution in [1.82, 2.24) is 0 Å². The molecule has 0 aromatic rings. The van der Waals surface area contributed by atoms with E-state index in [0.717, 1.165) is 6.08 Å². The minimum atomic E-state index is -5.73. The van der Waals surface area contributed by atoms with Crippen molar-refractivity contribution in [2.45, 2.75) is 11.4 Å². The first-order chi connectivity index (χ1) is 6.06. The normalized spacial score (nSPS) is 14.1. The van der Waals surface area contributed by atoms with E-state index >= 15 is 0 Å². The van der Waals surface area contributed by atoms with Crippen LogP contribution in [0.1, 0.15) is 0 Å². The molecule has 0 aliphatic heterocycles. The highest BCUT2D eigenvalue weighted by Crippen LogP contribution is 2.38. The first-order valence-corrected chi connectivity index (χ1v) is 4.63. The van der Waals surface area contributed by atoms with Crippen LogP contribution in [0.4, 0.5) is 17.6 Å². The zero-order chi connectivity index (χ0) is 11.6. The summed E-state index contributed by atoms with van der Waals surface area (Å²) in [4.78, 5) is 0. The average Bonchev–Trinajstić information content (AvgIpc) is 1.98. The summed E-state index contributed by atoms with van der Waals surface area (Å²) in [6.07, 6.45) is -4.43. The Morgan fingerprint density at radius 3 is 2.07 bits per heavy atom. The lowest BCUT2D eigenvalue weighted by Gasteiger charge is -2.23.